The second kappa shape index (κ2) is 4.78. The summed E-state index contributed by atoms with van der Waals surface area (Å²) < 4.78 is 7.67. The maximum absolute atomic E-state index is 5.57. The van der Waals surface area contributed by atoms with Gasteiger partial charge in [-0.2, -0.15) is 0 Å². The van der Waals surface area contributed by atoms with Crippen molar-refractivity contribution in [2.75, 3.05) is 7.05 Å². The normalized spacial score (nSPS) is 10.9. The molecule has 2 aromatic rings. The van der Waals surface area contributed by atoms with Gasteiger partial charge in [0.15, 0.2) is 5.76 Å². The van der Waals surface area contributed by atoms with Crippen LogP contribution in [0.3, 0.4) is 0 Å². The van der Waals surface area contributed by atoms with Gasteiger partial charge in [-0.3, -0.25) is 0 Å². The van der Waals surface area contributed by atoms with E-state index in [0.29, 0.717) is 12.4 Å². The van der Waals surface area contributed by atoms with Crippen LogP contribution in [0, 0.1) is 0 Å². The van der Waals surface area contributed by atoms with E-state index in [1.54, 1.807) is 17.5 Å². The molecule has 2 rings (SSSR count). The second-order valence-corrected chi connectivity index (χ2v) is 6.11. The van der Waals surface area contributed by atoms with E-state index >= 15 is 0 Å². The topological polar surface area (TPSA) is 38.1 Å². The highest BCUT2D eigenvalue weighted by atomic mass is 79.9. The summed E-state index contributed by atoms with van der Waals surface area (Å²) in [5.74, 6) is 1.50. The Bertz CT molecular complexity index is 447. The van der Waals surface area contributed by atoms with Crippen molar-refractivity contribution in [3.63, 3.8) is 0 Å². The monoisotopic (exact) mass is 350 g/mol. The van der Waals surface area contributed by atoms with Gasteiger partial charge < -0.3 is 9.73 Å². The molecule has 0 amide bonds. The number of rotatable bonds is 3. The Kier molecular flexibility index (Phi) is 3.60. The Morgan fingerprint density at radius 1 is 1.53 bits per heavy atom. The molecule has 3 nitrogen and oxygen atoms in total. The molecule has 0 saturated carbocycles. The van der Waals surface area contributed by atoms with Gasteiger partial charge in [0, 0.05) is 4.47 Å². The minimum atomic E-state index is 0.647. The summed E-state index contributed by atoms with van der Waals surface area (Å²) in [6, 6.07) is 2.01. The summed E-state index contributed by atoms with van der Waals surface area (Å²) >= 11 is 8.50. The van der Waals surface area contributed by atoms with Crippen molar-refractivity contribution in [3.05, 3.63) is 26.4 Å². The Hall–Kier alpha value is -0.170. The third-order valence-electron chi connectivity index (χ3n) is 1.77. The molecular formula is C9H8Br2N2OS. The van der Waals surface area contributed by atoms with Gasteiger partial charge >= 0.3 is 0 Å². The Labute approximate surface area is 108 Å². The molecule has 0 aliphatic rings. The third-order valence-corrected chi connectivity index (χ3v) is 5.04. The number of halogens is 2. The van der Waals surface area contributed by atoms with Crippen molar-refractivity contribution in [2.24, 2.45) is 0 Å². The fourth-order valence-corrected chi connectivity index (χ4v) is 3.11. The lowest BCUT2D eigenvalue weighted by Crippen LogP contribution is -2.04. The number of aromatic nitrogens is 1. The van der Waals surface area contributed by atoms with Gasteiger partial charge in [-0.1, -0.05) is 0 Å². The molecule has 1 N–H and O–H groups in total. The van der Waals surface area contributed by atoms with Crippen molar-refractivity contribution < 1.29 is 4.42 Å². The molecule has 0 aliphatic carbocycles. The van der Waals surface area contributed by atoms with E-state index in [1.165, 1.54) is 0 Å². The molecule has 0 bridgehead atoms. The summed E-state index contributed by atoms with van der Waals surface area (Å²) in [5, 5.41) is 2.99. The molecule has 6 heteroatoms. The Morgan fingerprint density at radius 2 is 2.33 bits per heavy atom. The quantitative estimate of drug-likeness (QED) is 0.917. The average Bonchev–Trinajstić information content (AvgIpc) is 2.76. The van der Waals surface area contributed by atoms with Gasteiger partial charge in [-0.25, -0.2) is 4.98 Å². The lowest BCUT2D eigenvalue weighted by molar-refractivity contribution is 0.492. The minimum Gasteiger partial charge on any atom is -0.438 e. The largest absolute Gasteiger partial charge is 0.438 e. The van der Waals surface area contributed by atoms with Crippen LogP contribution in [-0.4, -0.2) is 12.0 Å². The average molecular weight is 352 g/mol. The van der Waals surface area contributed by atoms with Gasteiger partial charge in [-0.15, -0.1) is 11.3 Å². The van der Waals surface area contributed by atoms with Crippen LogP contribution in [-0.2, 0) is 6.54 Å². The van der Waals surface area contributed by atoms with Gasteiger partial charge in [-0.05, 0) is 45.0 Å². The summed E-state index contributed by atoms with van der Waals surface area (Å²) in [4.78, 5) is 5.23. The van der Waals surface area contributed by atoms with Crippen LogP contribution in [0.2, 0.25) is 0 Å². The fourth-order valence-electron chi connectivity index (χ4n) is 1.13. The predicted octanol–water partition coefficient (Wildman–Crippen LogP) is 3.65. The maximum atomic E-state index is 5.57. The molecule has 0 spiro atoms. The zero-order valence-corrected chi connectivity index (χ0v) is 11.9. The van der Waals surface area contributed by atoms with Crippen molar-refractivity contribution in [1.82, 2.24) is 10.3 Å². The van der Waals surface area contributed by atoms with Crippen molar-refractivity contribution in [2.45, 2.75) is 6.54 Å². The summed E-state index contributed by atoms with van der Waals surface area (Å²) in [6.07, 6.45) is 1.75. The van der Waals surface area contributed by atoms with Crippen LogP contribution in [0.15, 0.2) is 24.9 Å². The second-order valence-electron chi connectivity index (χ2n) is 2.88. The van der Waals surface area contributed by atoms with Crippen LogP contribution in [0.1, 0.15) is 5.89 Å². The first-order chi connectivity index (χ1) is 7.20. The molecule has 80 valence electrons. The zero-order chi connectivity index (χ0) is 10.8. The fraction of sp³-hybridized carbons (Fsp3) is 0.222. The third kappa shape index (κ3) is 2.50. The molecule has 0 aromatic carbocycles. The van der Waals surface area contributed by atoms with Gasteiger partial charge in [0.2, 0.25) is 5.89 Å². The highest BCUT2D eigenvalue weighted by Gasteiger charge is 2.10. The van der Waals surface area contributed by atoms with Crippen molar-refractivity contribution in [3.8, 4) is 10.6 Å². The van der Waals surface area contributed by atoms with Gasteiger partial charge in [0.25, 0.3) is 0 Å². The SMILES string of the molecule is CNCc1ncc(-c2cc(Br)c(Br)s2)o1. The minimum absolute atomic E-state index is 0.647. The van der Waals surface area contributed by atoms with Gasteiger partial charge in [0.1, 0.15) is 0 Å². The Morgan fingerprint density at radius 3 is 2.93 bits per heavy atom. The first-order valence-corrected chi connectivity index (χ1v) is 6.65. The van der Waals surface area contributed by atoms with Gasteiger partial charge in [0.05, 0.1) is 21.4 Å². The number of hydrogen-bond acceptors (Lipinski definition) is 4. The number of hydrogen-bond donors (Lipinski definition) is 1. The summed E-state index contributed by atoms with van der Waals surface area (Å²) in [7, 11) is 1.86. The van der Waals surface area contributed by atoms with E-state index in [0.717, 1.165) is 18.9 Å². The van der Waals surface area contributed by atoms with E-state index in [2.05, 4.69) is 42.2 Å². The smallest absolute Gasteiger partial charge is 0.208 e. The predicted molar refractivity (Wildman–Crippen MR) is 68.0 cm³/mol. The first kappa shape index (κ1) is 11.3. The number of nitrogens with zero attached hydrogens (tertiary/aromatic N) is 1. The molecular weight excluding hydrogens is 344 g/mol. The number of thiophene rings is 1. The van der Waals surface area contributed by atoms with Crippen LogP contribution >= 0.6 is 43.2 Å². The van der Waals surface area contributed by atoms with E-state index < -0.39 is 0 Å². The van der Waals surface area contributed by atoms with Crippen LogP contribution < -0.4 is 5.32 Å². The van der Waals surface area contributed by atoms with E-state index in [9.17, 15) is 0 Å². The molecule has 0 saturated heterocycles. The first-order valence-electron chi connectivity index (χ1n) is 4.25. The molecule has 0 aliphatic heterocycles. The van der Waals surface area contributed by atoms with E-state index in [-0.39, 0.29) is 0 Å². The molecule has 2 aromatic heterocycles. The number of nitrogens with one attached hydrogen (secondary N) is 1. The van der Waals surface area contributed by atoms with Crippen LogP contribution in [0.25, 0.3) is 10.6 Å². The summed E-state index contributed by atoms with van der Waals surface area (Å²) in [5.41, 5.74) is 0. The molecule has 2 heterocycles. The Balaban J connectivity index is 2.28. The number of oxazole rings is 1. The summed E-state index contributed by atoms with van der Waals surface area (Å²) in [6.45, 7) is 0.647. The molecule has 0 radical (unpaired) electrons. The molecule has 15 heavy (non-hydrogen) atoms. The van der Waals surface area contributed by atoms with Crippen molar-refractivity contribution >= 4 is 43.2 Å². The lowest BCUT2D eigenvalue weighted by atomic mass is 10.4. The van der Waals surface area contributed by atoms with Crippen LogP contribution in [0.4, 0.5) is 0 Å². The maximum Gasteiger partial charge on any atom is 0.208 e. The van der Waals surface area contributed by atoms with Crippen LogP contribution in [0.5, 0.6) is 0 Å². The standard InChI is InChI=1S/C9H8Br2N2OS/c1-12-4-8-13-3-6(14-8)7-2-5(10)9(11)15-7/h2-3,12H,4H2,1H3. The highest BCUT2D eigenvalue weighted by molar-refractivity contribution is 9.13. The highest BCUT2D eigenvalue weighted by Crippen LogP contribution is 2.38. The van der Waals surface area contributed by atoms with Crippen molar-refractivity contribution in [1.29, 1.82) is 0 Å². The molecule has 0 atom stereocenters. The lowest BCUT2D eigenvalue weighted by Gasteiger charge is -1.91. The van der Waals surface area contributed by atoms with E-state index in [1.807, 2.05) is 13.1 Å². The molecule has 0 fully saturated rings. The molecule has 0 unspecified atom stereocenters. The zero-order valence-electron chi connectivity index (χ0n) is 7.88. The van der Waals surface area contributed by atoms with E-state index in [4.69, 9.17) is 4.42 Å².